The van der Waals surface area contributed by atoms with Gasteiger partial charge in [-0.25, -0.2) is 4.79 Å². The Kier molecular flexibility index (Phi) is 8.04. The Labute approximate surface area is 210 Å². The number of methoxy groups -OCH3 is 1. The minimum atomic E-state index is -0.504. The van der Waals surface area contributed by atoms with Crippen LogP contribution in [0.4, 0.5) is 0 Å². The van der Waals surface area contributed by atoms with Crippen molar-refractivity contribution in [2.45, 2.75) is 0 Å². The smallest absolute Gasteiger partial charge is 0.344 e. The second kappa shape index (κ2) is 11.2. The zero-order valence-corrected chi connectivity index (χ0v) is 21.0. The molecular formula is C24H24BrN3O5S. The molecule has 1 amide bonds. The van der Waals surface area contributed by atoms with Crippen LogP contribution in [0, 0.1) is 0 Å². The molecule has 2 aliphatic rings. The molecule has 0 saturated carbocycles. The number of aliphatic hydroxyl groups is 1. The lowest BCUT2D eigenvalue weighted by Gasteiger charge is -2.34. The fourth-order valence-corrected chi connectivity index (χ4v) is 5.04. The van der Waals surface area contributed by atoms with Crippen LogP contribution in [0.5, 0.6) is 11.5 Å². The van der Waals surface area contributed by atoms with Crippen LogP contribution in [0.15, 0.2) is 56.8 Å². The van der Waals surface area contributed by atoms with E-state index in [1.165, 1.54) is 18.9 Å². The maximum Gasteiger partial charge on any atom is 0.344 e. The van der Waals surface area contributed by atoms with Crippen LogP contribution in [0.1, 0.15) is 15.9 Å². The van der Waals surface area contributed by atoms with Crippen molar-refractivity contribution >= 4 is 50.8 Å². The predicted octanol–water partition coefficient (Wildman–Crippen LogP) is 3.26. The molecule has 178 valence electrons. The summed E-state index contributed by atoms with van der Waals surface area (Å²) in [6, 6.07) is 12.1. The lowest BCUT2D eigenvalue weighted by Crippen LogP contribution is -2.48. The van der Waals surface area contributed by atoms with Crippen molar-refractivity contribution in [1.82, 2.24) is 9.80 Å². The van der Waals surface area contributed by atoms with E-state index in [4.69, 9.17) is 14.6 Å². The van der Waals surface area contributed by atoms with E-state index < -0.39 is 5.97 Å². The average molecular weight is 546 g/mol. The van der Waals surface area contributed by atoms with Gasteiger partial charge in [0.2, 0.25) is 0 Å². The molecule has 1 N–H and O–H groups in total. The van der Waals surface area contributed by atoms with Gasteiger partial charge in [-0.1, -0.05) is 18.2 Å². The van der Waals surface area contributed by atoms with Gasteiger partial charge in [-0.05, 0) is 63.6 Å². The van der Waals surface area contributed by atoms with Gasteiger partial charge in [0.15, 0.2) is 16.7 Å². The number of thioether (sulfide) groups is 1. The predicted molar refractivity (Wildman–Crippen MR) is 135 cm³/mol. The third-order valence-corrected chi connectivity index (χ3v) is 7.19. The van der Waals surface area contributed by atoms with E-state index in [-0.39, 0.29) is 18.3 Å². The summed E-state index contributed by atoms with van der Waals surface area (Å²) in [7, 11) is 1.50. The summed E-state index contributed by atoms with van der Waals surface area (Å²) >= 11 is 4.70. The number of ether oxygens (including phenoxy) is 2. The van der Waals surface area contributed by atoms with Gasteiger partial charge in [-0.3, -0.25) is 9.69 Å². The minimum Gasteiger partial charge on any atom is -0.493 e. The molecule has 1 saturated heterocycles. The number of β-amino-alcohol motifs (C(OH)–C–C–N with tert-alkyl or cyclic N) is 1. The number of benzene rings is 2. The number of carbonyl (C=O) groups excluding carboxylic acids is 2. The molecule has 8 nitrogen and oxygen atoms in total. The van der Waals surface area contributed by atoms with Crippen LogP contribution < -0.4 is 9.47 Å². The maximum absolute atomic E-state index is 12.5. The Hall–Kier alpha value is -2.66. The van der Waals surface area contributed by atoms with E-state index in [2.05, 4.69) is 30.7 Å². The number of hydrogen-bond donors (Lipinski definition) is 1. The van der Waals surface area contributed by atoms with Crippen LogP contribution >= 0.6 is 27.7 Å². The molecule has 2 aromatic carbocycles. The summed E-state index contributed by atoms with van der Waals surface area (Å²) in [6.07, 6.45) is 1.76. The number of aliphatic imine (C=N–C) groups is 1. The summed E-state index contributed by atoms with van der Waals surface area (Å²) in [5.41, 5.74) is 1.14. The monoisotopic (exact) mass is 545 g/mol. The molecule has 10 heteroatoms. The van der Waals surface area contributed by atoms with E-state index >= 15 is 0 Å². The second-order valence-electron chi connectivity index (χ2n) is 7.64. The van der Waals surface area contributed by atoms with E-state index in [0.717, 1.165) is 31.7 Å². The molecule has 4 rings (SSSR count). The van der Waals surface area contributed by atoms with Crippen LogP contribution in [0.25, 0.3) is 6.08 Å². The number of amidine groups is 1. The van der Waals surface area contributed by atoms with Gasteiger partial charge in [0.05, 0.1) is 24.2 Å². The number of rotatable bonds is 6. The number of esters is 1. The van der Waals surface area contributed by atoms with Gasteiger partial charge in [0.25, 0.3) is 5.91 Å². The standard InChI is InChI=1S/C24H24BrN3O5S/c1-32-20-14-16(6-7-19(20)33-23(31)17-4-2-3-5-18(17)25)15-21-22(30)26-24(34-21)28-10-8-27(9-11-28)12-13-29/h2-7,14-15,29H,8-13H2,1H3/b21-15-. The summed E-state index contributed by atoms with van der Waals surface area (Å²) < 4.78 is 11.6. The number of aliphatic hydroxyl groups excluding tert-OH is 1. The highest BCUT2D eigenvalue weighted by Gasteiger charge is 2.28. The molecule has 0 aromatic heterocycles. The van der Waals surface area contributed by atoms with Gasteiger partial charge in [-0.2, -0.15) is 4.99 Å². The quantitative estimate of drug-likeness (QED) is 0.336. The highest BCUT2D eigenvalue weighted by Crippen LogP contribution is 2.34. The third kappa shape index (κ3) is 5.69. The van der Waals surface area contributed by atoms with E-state index in [0.29, 0.717) is 32.4 Å². The Morgan fingerprint density at radius 1 is 1.18 bits per heavy atom. The maximum atomic E-state index is 12.5. The normalized spacial score (nSPS) is 17.7. The number of nitrogens with zero attached hydrogens (tertiary/aromatic N) is 3. The van der Waals surface area contributed by atoms with Gasteiger partial charge >= 0.3 is 5.97 Å². The Bertz CT molecular complexity index is 1150. The summed E-state index contributed by atoms with van der Waals surface area (Å²) in [4.78, 5) is 34.1. The van der Waals surface area contributed by atoms with E-state index in [1.54, 1.807) is 42.5 Å². The Balaban J connectivity index is 1.44. The molecule has 0 bridgehead atoms. The van der Waals surface area contributed by atoms with Crippen LogP contribution in [-0.4, -0.2) is 78.4 Å². The zero-order chi connectivity index (χ0) is 24.1. The largest absolute Gasteiger partial charge is 0.493 e. The fraction of sp³-hybridized carbons (Fsp3) is 0.292. The average Bonchev–Trinajstić information content (AvgIpc) is 3.21. The van der Waals surface area contributed by atoms with Crippen molar-refractivity contribution < 1.29 is 24.2 Å². The minimum absolute atomic E-state index is 0.145. The summed E-state index contributed by atoms with van der Waals surface area (Å²) in [5.74, 6) is -0.114. The first-order valence-corrected chi connectivity index (χ1v) is 12.3. The summed E-state index contributed by atoms with van der Waals surface area (Å²) in [5, 5.41) is 9.80. The number of halogens is 1. The Morgan fingerprint density at radius 3 is 2.65 bits per heavy atom. The number of piperazine rings is 1. The van der Waals surface area contributed by atoms with Crippen molar-refractivity contribution in [2.75, 3.05) is 46.4 Å². The second-order valence-corrected chi connectivity index (χ2v) is 9.51. The molecule has 0 radical (unpaired) electrons. The summed E-state index contributed by atoms with van der Waals surface area (Å²) in [6.45, 7) is 3.98. The molecule has 0 unspecified atom stereocenters. The molecule has 2 aromatic rings. The van der Waals surface area contributed by atoms with Crippen molar-refractivity contribution in [2.24, 2.45) is 4.99 Å². The molecule has 34 heavy (non-hydrogen) atoms. The lowest BCUT2D eigenvalue weighted by atomic mass is 10.2. The molecule has 2 heterocycles. The van der Waals surface area contributed by atoms with Crippen LogP contribution in [-0.2, 0) is 4.79 Å². The number of carbonyl (C=O) groups is 2. The first-order valence-electron chi connectivity index (χ1n) is 10.7. The van der Waals surface area contributed by atoms with E-state index in [9.17, 15) is 9.59 Å². The van der Waals surface area contributed by atoms with Gasteiger partial charge in [-0.15, -0.1) is 0 Å². The van der Waals surface area contributed by atoms with Crippen molar-refractivity contribution in [1.29, 1.82) is 0 Å². The van der Waals surface area contributed by atoms with Gasteiger partial charge < -0.3 is 19.5 Å². The zero-order valence-electron chi connectivity index (χ0n) is 18.6. The van der Waals surface area contributed by atoms with Gasteiger partial charge in [0.1, 0.15) is 0 Å². The van der Waals surface area contributed by atoms with E-state index in [1.807, 2.05) is 6.07 Å². The Morgan fingerprint density at radius 2 is 1.94 bits per heavy atom. The first-order chi connectivity index (χ1) is 16.5. The highest BCUT2D eigenvalue weighted by atomic mass is 79.9. The van der Waals surface area contributed by atoms with Crippen molar-refractivity contribution in [3.63, 3.8) is 0 Å². The molecule has 0 spiro atoms. The van der Waals surface area contributed by atoms with Crippen molar-refractivity contribution in [3.8, 4) is 11.5 Å². The SMILES string of the molecule is COc1cc(/C=C2\SC(N3CCN(CCO)CC3)=NC2=O)ccc1OC(=O)c1ccccc1Br. The lowest BCUT2D eigenvalue weighted by molar-refractivity contribution is -0.113. The third-order valence-electron chi connectivity index (χ3n) is 5.45. The van der Waals surface area contributed by atoms with Crippen molar-refractivity contribution in [3.05, 3.63) is 63.0 Å². The molecule has 2 aliphatic heterocycles. The van der Waals surface area contributed by atoms with Gasteiger partial charge in [0, 0.05) is 37.2 Å². The highest BCUT2D eigenvalue weighted by molar-refractivity contribution is 9.10. The molecule has 1 fully saturated rings. The molecular weight excluding hydrogens is 522 g/mol. The molecule has 0 atom stereocenters. The topological polar surface area (TPSA) is 91.7 Å². The molecule has 0 aliphatic carbocycles. The fourth-order valence-electron chi connectivity index (χ4n) is 3.63. The van der Waals surface area contributed by atoms with Crippen LogP contribution in [0.3, 0.4) is 0 Å². The number of hydrogen-bond acceptors (Lipinski definition) is 8. The first kappa shape index (κ1) is 24.5. The van der Waals surface area contributed by atoms with Crippen LogP contribution in [0.2, 0.25) is 0 Å². The number of amides is 1.